The molecular formula is C19H23N3O. The van der Waals surface area contributed by atoms with Crippen molar-refractivity contribution in [1.82, 2.24) is 4.90 Å². The van der Waals surface area contributed by atoms with Crippen LogP contribution in [0.15, 0.2) is 48.5 Å². The highest BCUT2D eigenvalue weighted by Gasteiger charge is 2.21. The number of hydrogen-bond acceptors (Lipinski definition) is 4. The van der Waals surface area contributed by atoms with E-state index in [2.05, 4.69) is 63.6 Å². The lowest BCUT2D eigenvalue weighted by Crippen LogP contribution is -2.38. The maximum absolute atomic E-state index is 5.43. The maximum atomic E-state index is 5.43. The highest BCUT2D eigenvalue weighted by atomic mass is 16.5. The van der Waals surface area contributed by atoms with Crippen LogP contribution in [0, 0.1) is 0 Å². The quantitative estimate of drug-likeness (QED) is 0.934. The molecule has 2 aromatic carbocycles. The van der Waals surface area contributed by atoms with E-state index in [4.69, 9.17) is 4.74 Å². The molecule has 120 valence electrons. The van der Waals surface area contributed by atoms with E-state index in [1.165, 1.54) is 22.7 Å². The molecule has 0 amide bonds. The third-order valence-corrected chi connectivity index (χ3v) is 4.62. The van der Waals surface area contributed by atoms with E-state index in [1.807, 2.05) is 0 Å². The topological polar surface area (TPSA) is 27.7 Å². The van der Waals surface area contributed by atoms with Crippen LogP contribution < -0.4 is 10.2 Å². The first kappa shape index (κ1) is 14.5. The normalized spacial score (nSPS) is 17.3. The van der Waals surface area contributed by atoms with Crippen molar-refractivity contribution in [3.8, 4) is 0 Å². The Morgan fingerprint density at radius 1 is 0.826 bits per heavy atom. The molecule has 0 radical (unpaired) electrons. The molecular weight excluding hydrogens is 286 g/mol. The van der Waals surface area contributed by atoms with Crippen LogP contribution in [0.4, 0.5) is 22.7 Å². The minimum atomic E-state index is 0.874. The molecule has 4 nitrogen and oxygen atoms in total. The molecule has 0 spiro atoms. The van der Waals surface area contributed by atoms with Crippen LogP contribution in [0.25, 0.3) is 0 Å². The standard InChI is InChI=1S/C19H23N3O/c1-3-8-18-16(6-1)20-17-7-2-4-9-19(17)22(18)11-5-10-21-12-14-23-15-13-21/h1-4,6-9,20H,5,10-15H2. The van der Waals surface area contributed by atoms with Crippen molar-refractivity contribution in [2.24, 2.45) is 0 Å². The Morgan fingerprint density at radius 3 is 2.09 bits per heavy atom. The summed E-state index contributed by atoms with van der Waals surface area (Å²) < 4.78 is 5.43. The van der Waals surface area contributed by atoms with Gasteiger partial charge in [0.05, 0.1) is 36.0 Å². The Balaban J connectivity index is 1.50. The summed E-state index contributed by atoms with van der Waals surface area (Å²) in [5.41, 5.74) is 4.93. The SMILES string of the molecule is c1ccc2c(c1)Nc1ccccc1N2CCCN1CCOCC1. The summed E-state index contributed by atoms with van der Waals surface area (Å²) in [7, 11) is 0. The van der Waals surface area contributed by atoms with Crippen molar-refractivity contribution in [1.29, 1.82) is 0 Å². The molecule has 4 rings (SSSR count). The predicted molar refractivity (Wildman–Crippen MR) is 95.0 cm³/mol. The lowest BCUT2D eigenvalue weighted by molar-refractivity contribution is 0.0377. The lowest BCUT2D eigenvalue weighted by atomic mass is 10.1. The van der Waals surface area contributed by atoms with E-state index in [0.717, 1.165) is 45.8 Å². The maximum Gasteiger partial charge on any atom is 0.0650 e. The second kappa shape index (κ2) is 6.60. The van der Waals surface area contributed by atoms with E-state index in [0.29, 0.717) is 0 Å². The van der Waals surface area contributed by atoms with Gasteiger partial charge in [-0.2, -0.15) is 0 Å². The molecule has 1 fully saturated rings. The van der Waals surface area contributed by atoms with Gasteiger partial charge in [0.15, 0.2) is 0 Å². The number of hydrogen-bond donors (Lipinski definition) is 1. The van der Waals surface area contributed by atoms with Crippen molar-refractivity contribution in [3.63, 3.8) is 0 Å². The van der Waals surface area contributed by atoms with Crippen molar-refractivity contribution < 1.29 is 4.74 Å². The molecule has 0 aliphatic carbocycles. The van der Waals surface area contributed by atoms with Crippen LogP contribution in [-0.4, -0.2) is 44.3 Å². The Labute approximate surface area is 137 Å². The number of benzene rings is 2. The van der Waals surface area contributed by atoms with Crippen molar-refractivity contribution in [3.05, 3.63) is 48.5 Å². The average Bonchev–Trinajstić information content (AvgIpc) is 2.62. The van der Waals surface area contributed by atoms with Crippen LogP contribution in [0.2, 0.25) is 0 Å². The Hall–Kier alpha value is -2.04. The van der Waals surface area contributed by atoms with Gasteiger partial charge in [-0.15, -0.1) is 0 Å². The van der Waals surface area contributed by atoms with Crippen LogP contribution >= 0.6 is 0 Å². The Morgan fingerprint density at radius 2 is 1.43 bits per heavy atom. The van der Waals surface area contributed by atoms with Gasteiger partial charge < -0.3 is 15.0 Å². The summed E-state index contributed by atoms with van der Waals surface area (Å²) in [4.78, 5) is 4.95. The first-order chi connectivity index (χ1) is 11.4. The number of anilines is 4. The molecule has 2 aliphatic rings. The zero-order valence-corrected chi connectivity index (χ0v) is 13.4. The van der Waals surface area contributed by atoms with E-state index < -0.39 is 0 Å². The third kappa shape index (κ3) is 3.05. The molecule has 1 N–H and O–H groups in total. The molecule has 0 saturated carbocycles. The van der Waals surface area contributed by atoms with Crippen LogP contribution in [0.5, 0.6) is 0 Å². The largest absolute Gasteiger partial charge is 0.379 e. The second-order valence-electron chi connectivity index (χ2n) is 6.12. The van der Waals surface area contributed by atoms with Crippen molar-refractivity contribution in [2.75, 3.05) is 49.6 Å². The number of rotatable bonds is 4. The summed E-state index contributed by atoms with van der Waals surface area (Å²) in [6.07, 6.45) is 1.16. The monoisotopic (exact) mass is 309 g/mol. The van der Waals surface area contributed by atoms with Gasteiger partial charge in [0, 0.05) is 26.2 Å². The van der Waals surface area contributed by atoms with Crippen LogP contribution in [0.3, 0.4) is 0 Å². The number of ether oxygens (including phenoxy) is 1. The number of para-hydroxylation sites is 4. The molecule has 4 heteroatoms. The fourth-order valence-corrected chi connectivity index (χ4v) is 3.42. The summed E-state index contributed by atoms with van der Waals surface area (Å²) in [6.45, 7) is 6.05. The van der Waals surface area contributed by atoms with Crippen LogP contribution in [0.1, 0.15) is 6.42 Å². The highest BCUT2D eigenvalue weighted by molar-refractivity contribution is 5.91. The van der Waals surface area contributed by atoms with E-state index >= 15 is 0 Å². The Bertz CT molecular complexity index is 622. The van der Waals surface area contributed by atoms with Crippen LogP contribution in [-0.2, 0) is 4.74 Å². The van der Waals surface area contributed by atoms with Gasteiger partial charge >= 0.3 is 0 Å². The Kier molecular flexibility index (Phi) is 4.18. The summed E-state index contributed by atoms with van der Waals surface area (Å²) in [5.74, 6) is 0. The molecule has 23 heavy (non-hydrogen) atoms. The van der Waals surface area contributed by atoms with Gasteiger partial charge in [0.2, 0.25) is 0 Å². The molecule has 0 bridgehead atoms. The summed E-state index contributed by atoms with van der Waals surface area (Å²) in [6, 6.07) is 17.1. The molecule has 0 unspecified atom stereocenters. The van der Waals surface area contributed by atoms with Crippen molar-refractivity contribution in [2.45, 2.75) is 6.42 Å². The minimum absolute atomic E-state index is 0.874. The smallest absolute Gasteiger partial charge is 0.0650 e. The second-order valence-corrected chi connectivity index (χ2v) is 6.12. The van der Waals surface area contributed by atoms with E-state index in [9.17, 15) is 0 Å². The fourth-order valence-electron chi connectivity index (χ4n) is 3.42. The van der Waals surface area contributed by atoms with Gasteiger partial charge in [0.25, 0.3) is 0 Å². The van der Waals surface area contributed by atoms with Crippen molar-refractivity contribution >= 4 is 22.7 Å². The van der Waals surface area contributed by atoms with E-state index in [1.54, 1.807) is 0 Å². The van der Waals surface area contributed by atoms with Gasteiger partial charge in [-0.1, -0.05) is 24.3 Å². The molecule has 0 aromatic heterocycles. The van der Waals surface area contributed by atoms with E-state index in [-0.39, 0.29) is 0 Å². The summed E-state index contributed by atoms with van der Waals surface area (Å²) >= 11 is 0. The molecule has 2 aliphatic heterocycles. The molecule has 1 saturated heterocycles. The zero-order valence-electron chi connectivity index (χ0n) is 13.4. The number of morpholine rings is 1. The number of fused-ring (bicyclic) bond motifs is 2. The van der Waals surface area contributed by atoms with Gasteiger partial charge in [0.1, 0.15) is 0 Å². The van der Waals surface area contributed by atoms with Gasteiger partial charge in [-0.25, -0.2) is 0 Å². The fraction of sp³-hybridized carbons (Fsp3) is 0.368. The first-order valence-electron chi connectivity index (χ1n) is 8.44. The number of nitrogens with zero attached hydrogens (tertiary/aromatic N) is 2. The zero-order chi connectivity index (χ0) is 15.5. The minimum Gasteiger partial charge on any atom is -0.379 e. The summed E-state index contributed by atoms with van der Waals surface area (Å²) in [5, 5.41) is 3.54. The predicted octanol–water partition coefficient (Wildman–Crippen LogP) is 3.60. The third-order valence-electron chi connectivity index (χ3n) is 4.62. The van der Waals surface area contributed by atoms with Gasteiger partial charge in [-0.3, -0.25) is 4.90 Å². The number of nitrogens with one attached hydrogen (secondary N) is 1. The molecule has 0 atom stereocenters. The highest BCUT2D eigenvalue weighted by Crippen LogP contribution is 2.43. The lowest BCUT2D eigenvalue weighted by Gasteiger charge is -2.34. The average molecular weight is 309 g/mol. The van der Waals surface area contributed by atoms with Gasteiger partial charge in [-0.05, 0) is 30.7 Å². The molecule has 2 aromatic rings. The first-order valence-corrected chi connectivity index (χ1v) is 8.44. The molecule has 2 heterocycles.